The van der Waals surface area contributed by atoms with Gasteiger partial charge in [-0.1, -0.05) is 0 Å². The zero-order chi connectivity index (χ0) is 15.7. The van der Waals surface area contributed by atoms with E-state index < -0.39 is 10.6 Å². The van der Waals surface area contributed by atoms with E-state index in [1.165, 1.54) is 26.4 Å². The molecule has 0 aliphatic carbocycles. The number of benzene rings is 1. The summed E-state index contributed by atoms with van der Waals surface area (Å²) in [4.78, 5) is 10.5. The molecule has 114 valence electrons. The fourth-order valence-electron chi connectivity index (χ4n) is 1.54. The molecule has 0 radical (unpaired) electrons. The Hall–Kier alpha value is -2.37. The molecule has 0 aliphatic rings. The summed E-state index contributed by atoms with van der Waals surface area (Å²) in [5, 5.41) is 20.2. The Morgan fingerprint density at radius 1 is 1.14 bits per heavy atom. The molecular formula is C13H16N2O6. The number of rotatable bonds is 9. The number of nitrogens with zero attached hydrogens (tertiary/aromatic N) is 2. The minimum atomic E-state index is -0.663. The summed E-state index contributed by atoms with van der Waals surface area (Å²) in [6.45, 7) is 0.893. The number of hydrogen-bond acceptors (Lipinski definition) is 7. The van der Waals surface area contributed by atoms with Crippen LogP contribution in [-0.4, -0.2) is 45.6 Å². The lowest BCUT2D eigenvalue weighted by atomic mass is 10.1. The van der Waals surface area contributed by atoms with Crippen molar-refractivity contribution in [3.05, 3.63) is 27.8 Å². The van der Waals surface area contributed by atoms with Crippen molar-refractivity contribution in [2.24, 2.45) is 0 Å². The second-order valence-corrected chi connectivity index (χ2v) is 3.84. The van der Waals surface area contributed by atoms with Gasteiger partial charge in [0.1, 0.15) is 24.8 Å². The lowest BCUT2D eigenvalue weighted by Gasteiger charge is -2.13. The number of ether oxygens (including phenoxy) is 4. The topological polar surface area (TPSA) is 104 Å². The summed E-state index contributed by atoms with van der Waals surface area (Å²) in [5.41, 5.74) is -0.505. The van der Waals surface area contributed by atoms with Gasteiger partial charge in [0.2, 0.25) is 5.75 Å². The molecule has 8 nitrogen and oxygen atoms in total. The van der Waals surface area contributed by atoms with Crippen LogP contribution < -0.4 is 9.47 Å². The predicted molar refractivity (Wildman–Crippen MR) is 72.6 cm³/mol. The van der Waals surface area contributed by atoms with Crippen molar-refractivity contribution >= 4 is 5.69 Å². The van der Waals surface area contributed by atoms with Crippen molar-refractivity contribution in [3.8, 4) is 17.6 Å². The van der Waals surface area contributed by atoms with Gasteiger partial charge in [-0.15, -0.1) is 0 Å². The van der Waals surface area contributed by atoms with E-state index in [1.54, 1.807) is 6.07 Å². The van der Waals surface area contributed by atoms with Gasteiger partial charge in [-0.05, 0) is 12.1 Å². The first kappa shape index (κ1) is 16.7. The van der Waals surface area contributed by atoms with Gasteiger partial charge >= 0.3 is 5.69 Å². The van der Waals surface area contributed by atoms with Gasteiger partial charge < -0.3 is 18.9 Å². The monoisotopic (exact) mass is 296 g/mol. The summed E-state index contributed by atoms with van der Waals surface area (Å²) in [7, 11) is 3.00. The molecule has 0 amide bonds. The number of nitro groups is 1. The maximum absolute atomic E-state index is 11.2. The highest BCUT2D eigenvalue weighted by Gasteiger charge is 2.26. The Kier molecular flexibility index (Phi) is 6.94. The molecule has 8 heteroatoms. The van der Waals surface area contributed by atoms with Crippen LogP contribution in [0.5, 0.6) is 11.5 Å². The first-order valence-corrected chi connectivity index (χ1v) is 6.10. The fraction of sp³-hybridized carbons (Fsp3) is 0.462. The zero-order valence-corrected chi connectivity index (χ0v) is 11.8. The van der Waals surface area contributed by atoms with E-state index in [4.69, 9.17) is 24.2 Å². The van der Waals surface area contributed by atoms with Gasteiger partial charge in [0, 0.05) is 14.2 Å². The van der Waals surface area contributed by atoms with Crippen molar-refractivity contribution in [2.75, 3.05) is 40.6 Å². The Morgan fingerprint density at radius 2 is 1.76 bits per heavy atom. The van der Waals surface area contributed by atoms with Crippen LogP contribution in [-0.2, 0) is 9.47 Å². The standard InChI is InChI=1S/C13H16N2O6/c1-18-5-7-20-11-4-3-10(9-14)12(15(16)17)13(11)21-8-6-19-2/h3-4H,5-8H2,1-2H3. The molecule has 0 aromatic heterocycles. The summed E-state index contributed by atoms with van der Waals surface area (Å²) >= 11 is 0. The molecule has 0 aliphatic heterocycles. The molecule has 0 heterocycles. The second-order valence-electron chi connectivity index (χ2n) is 3.84. The Labute approximate surface area is 121 Å². The number of methoxy groups -OCH3 is 2. The van der Waals surface area contributed by atoms with Crippen LogP contribution >= 0.6 is 0 Å². The molecule has 0 unspecified atom stereocenters. The first-order chi connectivity index (χ1) is 10.2. The third-order valence-corrected chi connectivity index (χ3v) is 2.48. The Morgan fingerprint density at radius 3 is 2.29 bits per heavy atom. The lowest BCUT2D eigenvalue weighted by Crippen LogP contribution is -2.10. The zero-order valence-electron chi connectivity index (χ0n) is 11.8. The highest BCUT2D eigenvalue weighted by atomic mass is 16.6. The van der Waals surface area contributed by atoms with Crippen LogP contribution in [0.1, 0.15) is 5.56 Å². The lowest BCUT2D eigenvalue weighted by molar-refractivity contribution is -0.386. The van der Waals surface area contributed by atoms with Crippen LogP contribution in [0, 0.1) is 21.4 Å². The molecule has 0 saturated heterocycles. The molecule has 1 rings (SSSR count). The summed E-state index contributed by atoms with van der Waals surface area (Å²) in [5.74, 6) is 0.112. The van der Waals surface area contributed by atoms with Crippen LogP contribution in [0.15, 0.2) is 12.1 Å². The van der Waals surface area contributed by atoms with Gasteiger partial charge in [-0.2, -0.15) is 5.26 Å². The molecule has 0 bridgehead atoms. The number of hydrogen-bond donors (Lipinski definition) is 0. The van der Waals surface area contributed by atoms with Gasteiger partial charge in [0.05, 0.1) is 18.1 Å². The Balaban J connectivity index is 3.13. The maximum Gasteiger partial charge on any atom is 0.332 e. The third-order valence-electron chi connectivity index (χ3n) is 2.48. The van der Waals surface area contributed by atoms with Crippen LogP contribution in [0.4, 0.5) is 5.69 Å². The van der Waals surface area contributed by atoms with Crippen molar-refractivity contribution < 1.29 is 23.9 Å². The van der Waals surface area contributed by atoms with Gasteiger partial charge in [-0.3, -0.25) is 10.1 Å². The highest BCUT2D eigenvalue weighted by Crippen LogP contribution is 2.39. The smallest absolute Gasteiger partial charge is 0.332 e. The van der Waals surface area contributed by atoms with Crippen LogP contribution in [0.25, 0.3) is 0 Å². The van der Waals surface area contributed by atoms with Crippen molar-refractivity contribution in [3.63, 3.8) is 0 Å². The minimum absolute atomic E-state index is 0.0767. The molecule has 1 aromatic rings. The van der Waals surface area contributed by atoms with Crippen LogP contribution in [0.3, 0.4) is 0 Å². The van der Waals surface area contributed by atoms with Crippen molar-refractivity contribution in [1.82, 2.24) is 0 Å². The molecule has 1 aromatic carbocycles. The van der Waals surface area contributed by atoms with E-state index in [-0.39, 0.29) is 36.9 Å². The molecule has 0 saturated carbocycles. The normalized spacial score (nSPS) is 9.95. The largest absolute Gasteiger partial charge is 0.487 e. The maximum atomic E-state index is 11.2. The molecule has 0 N–H and O–H groups in total. The number of nitriles is 1. The van der Waals surface area contributed by atoms with E-state index in [0.717, 1.165) is 0 Å². The average molecular weight is 296 g/mol. The summed E-state index contributed by atoms with van der Waals surface area (Å²) in [6.07, 6.45) is 0. The second kappa shape index (κ2) is 8.73. The molecule has 21 heavy (non-hydrogen) atoms. The van der Waals surface area contributed by atoms with Gasteiger partial charge in [0.25, 0.3) is 0 Å². The summed E-state index contributed by atoms with van der Waals surface area (Å²) in [6, 6.07) is 4.55. The van der Waals surface area contributed by atoms with E-state index in [0.29, 0.717) is 6.61 Å². The molecule has 0 fully saturated rings. The molecule has 0 atom stereocenters. The quantitative estimate of drug-likeness (QED) is 0.386. The van der Waals surface area contributed by atoms with E-state index in [9.17, 15) is 10.1 Å². The van der Waals surface area contributed by atoms with Crippen LogP contribution in [0.2, 0.25) is 0 Å². The molecule has 0 spiro atoms. The van der Waals surface area contributed by atoms with E-state index >= 15 is 0 Å². The predicted octanol–water partition coefficient (Wildman–Crippen LogP) is 1.52. The highest BCUT2D eigenvalue weighted by molar-refractivity contribution is 5.64. The van der Waals surface area contributed by atoms with Gasteiger partial charge in [-0.25, -0.2) is 0 Å². The summed E-state index contributed by atoms with van der Waals surface area (Å²) < 4.78 is 20.4. The van der Waals surface area contributed by atoms with E-state index in [1.807, 2.05) is 0 Å². The number of nitro benzene ring substituents is 1. The first-order valence-electron chi connectivity index (χ1n) is 6.10. The third kappa shape index (κ3) is 4.59. The van der Waals surface area contributed by atoms with Crippen molar-refractivity contribution in [1.29, 1.82) is 5.26 Å². The van der Waals surface area contributed by atoms with E-state index in [2.05, 4.69) is 0 Å². The van der Waals surface area contributed by atoms with Gasteiger partial charge in [0.15, 0.2) is 5.75 Å². The minimum Gasteiger partial charge on any atom is -0.487 e. The fourth-order valence-corrected chi connectivity index (χ4v) is 1.54. The average Bonchev–Trinajstić information content (AvgIpc) is 2.48. The Bertz CT molecular complexity index is 526. The van der Waals surface area contributed by atoms with Crippen molar-refractivity contribution in [2.45, 2.75) is 0 Å². The SMILES string of the molecule is COCCOc1ccc(C#N)c([N+](=O)[O-])c1OCCOC. The molecular weight excluding hydrogens is 280 g/mol.